The van der Waals surface area contributed by atoms with Gasteiger partial charge in [-0.15, -0.1) is 0 Å². The molecular weight excluding hydrogens is 216 g/mol. The van der Waals surface area contributed by atoms with Gasteiger partial charge in [0.1, 0.15) is 5.75 Å². The molecule has 90 valence electrons. The predicted octanol–water partition coefficient (Wildman–Crippen LogP) is 1.97. The van der Waals surface area contributed by atoms with Crippen LogP contribution in [0.2, 0.25) is 0 Å². The molecular formula is C13H16N2O2. The first-order valence-electron chi connectivity index (χ1n) is 5.32. The van der Waals surface area contributed by atoms with Crippen molar-refractivity contribution < 1.29 is 9.53 Å². The van der Waals surface area contributed by atoms with E-state index in [1.165, 1.54) is 0 Å². The summed E-state index contributed by atoms with van der Waals surface area (Å²) in [6, 6.07) is 8.96. The number of carbonyl (C=O) groups excluding carboxylic acids is 1. The number of ether oxygens (including phenoxy) is 1. The number of methoxy groups -OCH3 is 1. The fourth-order valence-corrected chi connectivity index (χ4v) is 1.19. The van der Waals surface area contributed by atoms with Gasteiger partial charge in [-0.05, 0) is 38.1 Å². The third-order valence-corrected chi connectivity index (χ3v) is 2.35. The lowest BCUT2D eigenvalue weighted by molar-refractivity contribution is 0.0943. The van der Waals surface area contributed by atoms with Gasteiger partial charge in [0.05, 0.1) is 18.6 Å². The van der Waals surface area contributed by atoms with Crippen LogP contribution in [0.3, 0.4) is 0 Å². The average Bonchev–Trinajstić information content (AvgIpc) is 2.36. The molecule has 0 aliphatic carbocycles. The monoisotopic (exact) mass is 232 g/mol. The molecule has 1 N–H and O–H groups in total. The van der Waals surface area contributed by atoms with Crippen molar-refractivity contribution in [2.75, 3.05) is 13.7 Å². The summed E-state index contributed by atoms with van der Waals surface area (Å²) in [6.07, 6.45) is 0. The Kier molecular flexibility index (Phi) is 4.11. The van der Waals surface area contributed by atoms with Crippen molar-refractivity contribution in [2.24, 2.45) is 5.41 Å². The fourth-order valence-electron chi connectivity index (χ4n) is 1.19. The SMILES string of the molecule is COc1ccc(C(=O)NCC(C)(C)C#N)cc1. The van der Waals surface area contributed by atoms with Crippen LogP contribution in [0.4, 0.5) is 0 Å². The number of benzene rings is 1. The van der Waals surface area contributed by atoms with E-state index in [1.807, 2.05) is 0 Å². The second-order valence-corrected chi connectivity index (χ2v) is 4.41. The zero-order valence-electron chi connectivity index (χ0n) is 10.3. The van der Waals surface area contributed by atoms with Gasteiger partial charge in [-0.3, -0.25) is 4.79 Å². The molecule has 1 rings (SSSR count). The zero-order chi connectivity index (χ0) is 12.9. The summed E-state index contributed by atoms with van der Waals surface area (Å²) in [7, 11) is 1.57. The van der Waals surface area contributed by atoms with Gasteiger partial charge in [0.2, 0.25) is 0 Å². The minimum absolute atomic E-state index is 0.184. The molecule has 1 aromatic rings. The summed E-state index contributed by atoms with van der Waals surface area (Å²) >= 11 is 0. The second-order valence-electron chi connectivity index (χ2n) is 4.41. The number of amides is 1. The Labute approximate surface area is 101 Å². The van der Waals surface area contributed by atoms with Crippen LogP contribution in [0.25, 0.3) is 0 Å². The topological polar surface area (TPSA) is 62.1 Å². The van der Waals surface area contributed by atoms with Crippen molar-refractivity contribution >= 4 is 5.91 Å². The van der Waals surface area contributed by atoms with Crippen molar-refractivity contribution in [3.05, 3.63) is 29.8 Å². The lowest BCUT2D eigenvalue weighted by Gasteiger charge is -2.15. The maximum atomic E-state index is 11.7. The standard InChI is InChI=1S/C13H16N2O2/c1-13(2,8-14)9-15-12(16)10-4-6-11(17-3)7-5-10/h4-7H,9H2,1-3H3,(H,15,16). The molecule has 4 nitrogen and oxygen atoms in total. The molecule has 0 bridgehead atoms. The van der Waals surface area contributed by atoms with Gasteiger partial charge in [-0.2, -0.15) is 5.26 Å². The number of hydrogen-bond acceptors (Lipinski definition) is 3. The maximum absolute atomic E-state index is 11.7. The van der Waals surface area contributed by atoms with Crippen molar-refractivity contribution in [1.82, 2.24) is 5.32 Å². The van der Waals surface area contributed by atoms with Crippen molar-refractivity contribution in [3.63, 3.8) is 0 Å². The largest absolute Gasteiger partial charge is 0.497 e. The first-order chi connectivity index (χ1) is 7.98. The van der Waals surface area contributed by atoms with E-state index in [4.69, 9.17) is 10.00 Å². The number of nitrogens with one attached hydrogen (secondary N) is 1. The number of nitrogens with zero attached hydrogens (tertiary/aromatic N) is 1. The maximum Gasteiger partial charge on any atom is 0.251 e. The highest BCUT2D eigenvalue weighted by molar-refractivity contribution is 5.94. The van der Waals surface area contributed by atoms with Gasteiger partial charge in [0, 0.05) is 12.1 Å². The van der Waals surface area contributed by atoms with Crippen LogP contribution < -0.4 is 10.1 Å². The third-order valence-electron chi connectivity index (χ3n) is 2.35. The van der Waals surface area contributed by atoms with Crippen LogP contribution in [0.1, 0.15) is 24.2 Å². The highest BCUT2D eigenvalue weighted by atomic mass is 16.5. The minimum atomic E-state index is -0.553. The first-order valence-corrected chi connectivity index (χ1v) is 5.32. The molecule has 0 atom stereocenters. The second kappa shape index (κ2) is 5.35. The predicted molar refractivity (Wildman–Crippen MR) is 64.7 cm³/mol. The lowest BCUT2D eigenvalue weighted by atomic mass is 9.96. The molecule has 0 fully saturated rings. The molecule has 0 radical (unpaired) electrons. The first kappa shape index (κ1) is 13.0. The summed E-state index contributed by atoms with van der Waals surface area (Å²) in [5, 5.41) is 11.6. The molecule has 17 heavy (non-hydrogen) atoms. The van der Waals surface area contributed by atoms with E-state index in [1.54, 1.807) is 45.2 Å². The Hall–Kier alpha value is -2.02. The van der Waals surface area contributed by atoms with Gasteiger partial charge in [-0.25, -0.2) is 0 Å². The number of nitriles is 1. The van der Waals surface area contributed by atoms with Crippen molar-refractivity contribution in [1.29, 1.82) is 5.26 Å². The van der Waals surface area contributed by atoms with Gasteiger partial charge < -0.3 is 10.1 Å². The number of carbonyl (C=O) groups is 1. The molecule has 0 aliphatic heterocycles. The summed E-state index contributed by atoms with van der Waals surface area (Å²) in [4.78, 5) is 11.7. The molecule has 0 aliphatic rings. The lowest BCUT2D eigenvalue weighted by Crippen LogP contribution is -2.33. The van der Waals surface area contributed by atoms with E-state index in [0.717, 1.165) is 0 Å². The summed E-state index contributed by atoms with van der Waals surface area (Å²) in [5.74, 6) is 0.523. The number of rotatable bonds is 4. The summed E-state index contributed by atoms with van der Waals surface area (Å²) in [5.41, 5.74) is 0.00169. The zero-order valence-corrected chi connectivity index (χ0v) is 10.3. The molecule has 0 heterocycles. The van der Waals surface area contributed by atoms with E-state index in [9.17, 15) is 4.79 Å². The van der Waals surface area contributed by atoms with Gasteiger partial charge >= 0.3 is 0 Å². The highest BCUT2D eigenvalue weighted by Crippen LogP contribution is 2.13. The van der Waals surface area contributed by atoms with Crippen LogP contribution in [0, 0.1) is 16.7 Å². The van der Waals surface area contributed by atoms with Crippen LogP contribution in [0.5, 0.6) is 5.75 Å². The number of hydrogen-bond donors (Lipinski definition) is 1. The highest BCUT2D eigenvalue weighted by Gasteiger charge is 2.18. The van der Waals surface area contributed by atoms with E-state index in [2.05, 4.69) is 11.4 Å². The Morgan fingerprint density at radius 2 is 2.00 bits per heavy atom. The van der Waals surface area contributed by atoms with Crippen LogP contribution in [0.15, 0.2) is 24.3 Å². The van der Waals surface area contributed by atoms with Crippen LogP contribution in [-0.2, 0) is 0 Å². The molecule has 4 heteroatoms. The van der Waals surface area contributed by atoms with Gasteiger partial charge in [-0.1, -0.05) is 0 Å². The molecule has 0 aromatic heterocycles. The smallest absolute Gasteiger partial charge is 0.251 e. The summed E-state index contributed by atoms with van der Waals surface area (Å²) < 4.78 is 5.01. The van der Waals surface area contributed by atoms with Crippen molar-refractivity contribution in [3.8, 4) is 11.8 Å². The van der Waals surface area contributed by atoms with Crippen molar-refractivity contribution in [2.45, 2.75) is 13.8 Å². The Morgan fingerprint density at radius 1 is 1.41 bits per heavy atom. The Morgan fingerprint density at radius 3 is 2.47 bits per heavy atom. The molecule has 1 aromatic carbocycles. The average molecular weight is 232 g/mol. The van der Waals surface area contributed by atoms with E-state index in [0.29, 0.717) is 17.9 Å². The molecule has 0 spiro atoms. The van der Waals surface area contributed by atoms with Gasteiger partial charge in [0.15, 0.2) is 0 Å². The Bertz CT molecular complexity index is 430. The Balaban J connectivity index is 2.62. The fraction of sp³-hybridized carbons (Fsp3) is 0.385. The quantitative estimate of drug-likeness (QED) is 0.863. The van der Waals surface area contributed by atoms with E-state index >= 15 is 0 Å². The van der Waals surface area contributed by atoms with E-state index < -0.39 is 5.41 Å². The normalized spacial score (nSPS) is 10.5. The molecule has 0 saturated carbocycles. The van der Waals surface area contributed by atoms with Crippen LogP contribution >= 0.6 is 0 Å². The molecule has 0 saturated heterocycles. The van der Waals surface area contributed by atoms with Gasteiger partial charge in [0.25, 0.3) is 5.91 Å². The van der Waals surface area contributed by atoms with E-state index in [-0.39, 0.29) is 5.91 Å². The molecule has 0 unspecified atom stereocenters. The third kappa shape index (κ3) is 3.80. The minimum Gasteiger partial charge on any atom is -0.497 e. The van der Waals surface area contributed by atoms with Crippen LogP contribution in [-0.4, -0.2) is 19.6 Å². The summed E-state index contributed by atoms with van der Waals surface area (Å²) in [6.45, 7) is 3.89. The molecule has 1 amide bonds.